The second kappa shape index (κ2) is 13.5. The lowest BCUT2D eigenvalue weighted by molar-refractivity contribution is 0.669. The average Bonchev–Trinajstić information content (AvgIpc) is 3.67. The fourth-order valence-electron chi connectivity index (χ4n) is 8.00. The van der Waals surface area contributed by atoms with Crippen LogP contribution in [0.15, 0.2) is 199 Å². The predicted octanol–water partition coefficient (Wildman–Crippen LogP) is 13.5. The Balaban J connectivity index is 1.11. The minimum absolute atomic E-state index is 0.607. The van der Waals surface area contributed by atoms with Crippen LogP contribution in [0.1, 0.15) is 0 Å². The molecule has 3 heterocycles. The zero-order valence-corrected chi connectivity index (χ0v) is 30.7. The van der Waals surface area contributed by atoms with E-state index in [1.54, 1.807) is 0 Å². The molecule has 11 aromatic rings. The Hall–Kier alpha value is -7.76. The van der Waals surface area contributed by atoms with Crippen LogP contribution in [0.5, 0.6) is 0 Å². The van der Waals surface area contributed by atoms with E-state index in [1.165, 1.54) is 0 Å². The van der Waals surface area contributed by atoms with Gasteiger partial charge >= 0.3 is 0 Å². The van der Waals surface area contributed by atoms with Gasteiger partial charge in [0.15, 0.2) is 17.5 Å². The summed E-state index contributed by atoms with van der Waals surface area (Å²) in [5, 5.41) is 5.42. The van der Waals surface area contributed by atoms with Gasteiger partial charge in [-0.3, -0.25) is 0 Å². The lowest BCUT2D eigenvalue weighted by Gasteiger charge is -2.16. The maximum atomic E-state index is 6.61. The fourth-order valence-corrected chi connectivity index (χ4v) is 8.00. The first-order valence-electron chi connectivity index (χ1n) is 19.1. The SMILES string of the molecule is c1ccc(-c2ccc(-c3nc(-c4ccccc4)nc(-c4ccc(-c5c6c(cc7c(-c8ccccc8)nc8ccccc8c57)oc5ccccc56)cc4)n3)cc2)cc1. The van der Waals surface area contributed by atoms with Crippen molar-refractivity contribution in [1.82, 2.24) is 19.9 Å². The molecule has 57 heavy (non-hydrogen) atoms. The first kappa shape index (κ1) is 32.7. The number of benzene rings is 8. The van der Waals surface area contributed by atoms with Gasteiger partial charge in [-0.25, -0.2) is 19.9 Å². The minimum Gasteiger partial charge on any atom is -0.456 e. The molecule has 11 rings (SSSR count). The molecule has 0 radical (unpaired) electrons. The number of para-hydroxylation sites is 2. The van der Waals surface area contributed by atoms with E-state index in [2.05, 4.69) is 140 Å². The van der Waals surface area contributed by atoms with Crippen LogP contribution in [0.2, 0.25) is 0 Å². The van der Waals surface area contributed by atoms with Gasteiger partial charge in [-0.15, -0.1) is 0 Å². The highest BCUT2D eigenvalue weighted by Gasteiger charge is 2.22. The van der Waals surface area contributed by atoms with E-state index in [9.17, 15) is 0 Å². The van der Waals surface area contributed by atoms with Crippen molar-refractivity contribution in [2.75, 3.05) is 0 Å². The van der Waals surface area contributed by atoms with Crippen molar-refractivity contribution in [1.29, 1.82) is 0 Å². The second-order valence-electron chi connectivity index (χ2n) is 14.2. The van der Waals surface area contributed by atoms with Crippen LogP contribution in [-0.2, 0) is 0 Å². The molecule has 0 atom stereocenters. The molecular formula is C52H32N4O. The van der Waals surface area contributed by atoms with Gasteiger partial charge in [-0.2, -0.15) is 0 Å². The highest BCUT2D eigenvalue weighted by molar-refractivity contribution is 6.27. The molecule has 8 aromatic carbocycles. The summed E-state index contributed by atoms with van der Waals surface area (Å²) in [6.07, 6.45) is 0. The first-order chi connectivity index (χ1) is 28.2. The summed E-state index contributed by atoms with van der Waals surface area (Å²) in [7, 11) is 0. The summed E-state index contributed by atoms with van der Waals surface area (Å²) in [5.74, 6) is 1.85. The van der Waals surface area contributed by atoms with E-state index in [-0.39, 0.29) is 0 Å². The third-order valence-corrected chi connectivity index (χ3v) is 10.7. The van der Waals surface area contributed by atoms with Crippen LogP contribution in [0.3, 0.4) is 0 Å². The van der Waals surface area contributed by atoms with Crippen LogP contribution < -0.4 is 0 Å². The highest BCUT2D eigenvalue weighted by atomic mass is 16.3. The molecule has 266 valence electrons. The minimum atomic E-state index is 0.607. The molecule has 5 nitrogen and oxygen atoms in total. The topological polar surface area (TPSA) is 64.7 Å². The molecule has 3 aromatic heterocycles. The van der Waals surface area contributed by atoms with Crippen LogP contribution in [-0.4, -0.2) is 19.9 Å². The van der Waals surface area contributed by atoms with Crippen LogP contribution in [0.4, 0.5) is 0 Å². The summed E-state index contributed by atoms with van der Waals surface area (Å²) in [6.45, 7) is 0. The highest BCUT2D eigenvalue weighted by Crippen LogP contribution is 2.46. The number of rotatable bonds is 6. The molecule has 0 aliphatic rings. The number of hydrogen-bond donors (Lipinski definition) is 0. The van der Waals surface area contributed by atoms with Gasteiger partial charge in [0.1, 0.15) is 11.2 Å². The molecule has 5 heteroatoms. The first-order valence-corrected chi connectivity index (χ1v) is 19.1. The molecule has 0 N–H and O–H groups in total. The Morgan fingerprint density at radius 1 is 0.298 bits per heavy atom. The third kappa shape index (κ3) is 5.72. The van der Waals surface area contributed by atoms with Crippen molar-refractivity contribution in [3.05, 3.63) is 194 Å². The second-order valence-corrected chi connectivity index (χ2v) is 14.2. The van der Waals surface area contributed by atoms with Crippen LogP contribution in [0.25, 0.3) is 111 Å². The van der Waals surface area contributed by atoms with Crippen LogP contribution in [0, 0.1) is 0 Å². The molecular weight excluding hydrogens is 697 g/mol. The molecule has 0 fully saturated rings. The maximum Gasteiger partial charge on any atom is 0.164 e. The van der Waals surface area contributed by atoms with Gasteiger partial charge in [-0.05, 0) is 34.9 Å². The Morgan fingerprint density at radius 3 is 1.39 bits per heavy atom. The summed E-state index contributed by atoms with van der Waals surface area (Å²) >= 11 is 0. The summed E-state index contributed by atoms with van der Waals surface area (Å²) < 4.78 is 6.61. The van der Waals surface area contributed by atoms with E-state index in [0.29, 0.717) is 17.5 Å². The molecule has 0 spiro atoms. The van der Waals surface area contributed by atoms with Crippen LogP contribution >= 0.6 is 0 Å². The van der Waals surface area contributed by atoms with Crippen molar-refractivity contribution >= 4 is 43.6 Å². The van der Waals surface area contributed by atoms with Gasteiger partial charge < -0.3 is 4.42 Å². The van der Waals surface area contributed by atoms with Crippen molar-refractivity contribution in [2.45, 2.75) is 0 Å². The van der Waals surface area contributed by atoms with Crippen molar-refractivity contribution < 1.29 is 4.42 Å². The predicted molar refractivity (Wildman–Crippen MR) is 233 cm³/mol. The molecule has 0 saturated heterocycles. The van der Waals surface area contributed by atoms with E-state index in [0.717, 1.165) is 93.8 Å². The smallest absolute Gasteiger partial charge is 0.164 e. The largest absolute Gasteiger partial charge is 0.456 e. The summed E-state index contributed by atoms with van der Waals surface area (Å²) in [6, 6.07) is 66.8. The number of pyridine rings is 1. The fraction of sp³-hybridized carbons (Fsp3) is 0. The maximum absolute atomic E-state index is 6.61. The monoisotopic (exact) mass is 728 g/mol. The number of nitrogens with zero attached hydrogens (tertiary/aromatic N) is 4. The van der Waals surface area contributed by atoms with E-state index in [4.69, 9.17) is 24.4 Å². The summed E-state index contributed by atoms with van der Waals surface area (Å²) in [5.41, 5.74) is 11.8. The molecule has 0 aliphatic carbocycles. The summed E-state index contributed by atoms with van der Waals surface area (Å²) in [4.78, 5) is 20.3. The normalized spacial score (nSPS) is 11.5. The molecule has 0 aliphatic heterocycles. The van der Waals surface area contributed by atoms with Gasteiger partial charge in [-0.1, -0.05) is 176 Å². The van der Waals surface area contributed by atoms with Gasteiger partial charge in [0.05, 0.1) is 11.2 Å². The van der Waals surface area contributed by atoms with Gasteiger partial charge in [0, 0.05) is 54.7 Å². The lowest BCUT2D eigenvalue weighted by atomic mass is 9.89. The Bertz CT molecular complexity index is 3250. The Labute approximate surface area is 328 Å². The molecule has 0 bridgehead atoms. The molecule has 0 amide bonds. The van der Waals surface area contributed by atoms with Crippen molar-refractivity contribution in [2.24, 2.45) is 0 Å². The van der Waals surface area contributed by atoms with Gasteiger partial charge in [0.2, 0.25) is 0 Å². The lowest BCUT2D eigenvalue weighted by Crippen LogP contribution is -2.00. The Morgan fingerprint density at radius 2 is 0.754 bits per heavy atom. The molecule has 0 saturated carbocycles. The number of aromatic nitrogens is 4. The number of hydrogen-bond acceptors (Lipinski definition) is 5. The van der Waals surface area contributed by atoms with E-state index >= 15 is 0 Å². The third-order valence-electron chi connectivity index (χ3n) is 10.7. The zero-order chi connectivity index (χ0) is 37.7. The van der Waals surface area contributed by atoms with Gasteiger partial charge in [0.25, 0.3) is 0 Å². The molecule has 0 unspecified atom stereocenters. The number of furan rings is 1. The zero-order valence-electron chi connectivity index (χ0n) is 30.7. The standard InChI is InChI=1S/C52H32N4O/c1-4-14-33(15-5-1)34-24-28-38(29-25-34)51-54-50(37-18-8-3-9-19-37)55-52(56-51)39-30-26-35(27-31-39)46-47-40-20-10-12-22-43(40)53-49(36-16-6-2-7-17-36)42(47)32-45-48(46)41-21-11-13-23-44(41)57-45/h1-32H. The van der Waals surface area contributed by atoms with Crippen molar-refractivity contribution in [3.8, 4) is 67.7 Å². The number of fused-ring (bicyclic) bond motifs is 6. The quantitative estimate of drug-likeness (QED) is 0.160. The average molecular weight is 729 g/mol. The van der Waals surface area contributed by atoms with E-state index in [1.807, 2.05) is 54.6 Å². The van der Waals surface area contributed by atoms with E-state index < -0.39 is 0 Å². The van der Waals surface area contributed by atoms with Crippen molar-refractivity contribution in [3.63, 3.8) is 0 Å². The Kier molecular flexibility index (Phi) is 7.74.